The van der Waals surface area contributed by atoms with Crippen LogP contribution in [-0.2, 0) is 19.4 Å². The molecule has 6 heteroatoms. The van der Waals surface area contributed by atoms with Gasteiger partial charge in [0, 0.05) is 15.9 Å². The molecule has 130 valence electrons. The Morgan fingerprint density at radius 1 is 1.36 bits per heavy atom. The van der Waals surface area contributed by atoms with Gasteiger partial charge in [-0.15, -0.1) is 11.3 Å². The van der Waals surface area contributed by atoms with Gasteiger partial charge in [0.05, 0.1) is 11.9 Å². The maximum Gasteiger partial charge on any atom is 0.259 e. The predicted molar refractivity (Wildman–Crippen MR) is 104 cm³/mol. The van der Waals surface area contributed by atoms with E-state index in [2.05, 4.69) is 17.2 Å². The summed E-state index contributed by atoms with van der Waals surface area (Å²) < 4.78 is 0. The second-order valence-corrected chi connectivity index (χ2v) is 8.08. The van der Waals surface area contributed by atoms with Crippen LogP contribution < -0.4 is 10.9 Å². The van der Waals surface area contributed by atoms with Crippen LogP contribution in [0, 0.1) is 0 Å². The smallest absolute Gasteiger partial charge is 0.259 e. The van der Waals surface area contributed by atoms with Crippen molar-refractivity contribution in [1.82, 2.24) is 15.3 Å². The van der Waals surface area contributed by atoms with Crippen molar-refractivity contribution in [1.29, 1.82) is 0 Å². The number of aromatic amines is 1. The monoisotopic (exact) mass is 373 g/mol. The average molecular weight is 374 g/mol. The van der Waals surface area contributed by atoms with Crippen molar-refractivity contribution in [2.45, 2.75) is 45.2 Å². The van der Waals surface area contributed by atoms with E-state index in [0.717, 1.165) is 33.6 Å². The molecule has 2 N–H and O–H groups in total. The topological polar surface area (TPSA) is 57.8 Å². The zero-order chi connectivity index (χ0) is 17.4. The molecular formula is C19H20ClN3OS. The fourth-order valence-corrected chi connectivity index (χ4v) is 4.92. The van der Waals surface area contributed by atoms with Crippen LogP contribution in [0.1, 0.15) is 47.6 Å². The molecule has 2 aromatic heterocycles. The molecule has 0 amide bonds. The first-order valence-corrected chi connectivity index (χ1v) is 9.83. The number of rotatable bonds is 4. The molecule has 0 saturated heterocycles. The summed E-state index contributed by atoms with van der Waals surface area (Å²) in [6, 6.07) is 7.92. The highest BCUT2D eigenvalue weighted by molar-refractivity contribution is 7.18. The molecule has 0 bridgehead atoms. The molecule has 4 rings (SSSR count). The molecule has 3 aromatic rings. The Kier molecular flexibility index (Phi) is 4.63. The number of hydrogen-bond donors (Lipinski definition) is 2. The maximum absolute atomic E-state index is 12.6. The summed E-state index contributed by atoms with van der Waals surface area (Å²) in [7, 11) is 0. The number of nitrogens with zero attached hydrogens (tertiary/aromatic N) is 1. The summed E-state index contributed by atoms with van der Waals surface area (Å²) in [4.78, 5) is 22.4. The standard InChI is InChI=1S/C19H20ClN3OS/c1-11(12-5-4-6-13(20)9-12)21-10-16-22-18(24)17-14-7-2-3-8-15(14)25-19(17)23-16/h4-6,9,11,21H,2-3,7-8,10H2,1H3,(H,22,23,24)/t11-/m0/s1. The number of hydrogen-bond acceptors (Lipinski definition) is 4. The fourth-order valence-electron chi connectivity index (χ4n) is 3.44. The van der Waals surface area contributed by atoms with Gasteiger partial charge in [-0.3, -0.25) is 4.79 Å². The van der Waals surface area contributed by atoms with Crippen LogP contribution in [0.25, 0.3) is 10.2 Å². The van der Waals surface area contributed by atoms with Crippen molar-refractivity contribution in [3.63, 3.8) is 0 Å². The van der Waals surface area contributed by atoms with Gasteiger partial charge in [0.1, 0.15) is 10.7 Å². The van der Waals surface area contributed by atoms with Crippen LogP contribution in [0.4, 0.5) is 0 Å². The van der Waals surface area contributed by atoms with Crippen LogP contribution in [-0.4, -0.2) is 9.97 Å². The van der Waals surface area contributed by atoms with E-state index in [1.54, 1.807) is 11.3 Å². The molecule has 1 aliphatic rings. The molecular weight excluding hydrogens is 354 g/mol. The Morgan fingerprint density at radius 2 is 2.20 bits per heavy atom. The lowest BCUT2D eigenvalue weighted by Gasteiger charge is -2.14. The first kappa shape index (κ1) is 16.8. The average Bonchev–Trinajstić information content (AvgIpc) is 2.98. The summed E-state index contributed by atoms with van der Waals surface area (Å²) in [5.41, 5.74) is 2.34. The lowest BCUT2D eigenvalue weighted by Crippen LogP contribution is -2.22. The Bertz CT molecular complexity index is 978. The van der Waals surface area contributed by atoms with E-state index in [1.165, 1.54) is 23.3 Å². The van der Waals surface area contributed by atoms with Crippen LogP contribution >= 0.6 is 22.9 Å². The van der Waals surface area contributed by atoms with Crippen LogP contribution in [0.2, 0.25) is 5.02 Å². The highest BCUT2D eigenvalue weighted by Crippen LogP contribution is 2.33. The summed E-state index contributed by atoms with van der Waals surface area (Å²) in [6.07, 6.45) is 4.46. The van der Waals surface area contributed by atoms with E-state index in [4.69, 9.17) is 16.6 Å². The number of benzene rings is 1. The van der Waals surface area contributed by atoms with Gasteiger partial charge in [-0.25, -0.2) is 4.98 Å². The molecule has 0 unspecified atom stereocenters. The van der Waals surface area contributed by atoms with Crippen molar-refractivity contribution < 1.29 is 0 Å². The summed E-state index contributed by atoms with van der Waals surface area (Å²) in [5, 5.41) is 4.95. The Labute approximate surface area is 155 Å². The van der Waals surface area contributed by atoms with Gasteiger partial charge in [0.15, 0.2) is 0 Å². The van der Waals surface area contributed by atoms with E-state index in [-0.39, 0.29) is 11.6 Å². The maximum atomic E-state index is 12.6. The molecule has 25 heavy (non-hydrogen) atoms. The first-order chi connectivity index (χ1) is 12.1. The van der Waals surface area contributed by atoms with Gasteiger partial charge < -0.3 is 10.3 Å². The number of aryl methyl sites for hydroxylation is 2. The van der Waals surface area contributed by atoms with Gasteiger partial charge in [0.2, 0.25) is 0 Å². The van der Waals surface area contributed by atoms with Crippen LogP contribution in [0.3, 0.4) is 0 Å². The lowest BCUT2D eigenvalue weighted by atomic mass is 9.97. The number of aromatic nitrogens is 2. The number of nitrogens with one attached hydrogen (secondary N) is 2. The van der Waals surface area contributed by atoms with E-state index in [1.807, 2.05) is 24.3 Å². The predicted octanol–water partition coefficient (Wildman–Crippen LogP) is 4.37. The summed E-state index contributed by atoms with van der Waals surface area (Å²) >= 11 is 7.74. The van der Waals surface area contributed by atoms with Gasteiger partial charge in [0.25, 0.3) is 5.56 Å². The third-order valence-corrected chi connectivity index (χ3v) is 6.22. The minimum Gasteiger partial charge on any atom is -0.309 e. The van der Waals surface area contributed by atoms with E-state index >= 15 is 0 Å². The number of halogens is 1. The molecule has 1 atom stereocenters. The van der Waals surface area contributed by atoms with Gasteiger partial charge in [-0.05, 0) is 55.9 Å². The van der Waals surface area contributed by atoms with Crippen molar-refractivity contribution in [3.05, 3.63) is 61.5 Å². The third-order valence-electron chi connectivity index (χ3n) is 4.80. The molecule has 1 aliphatic carbocycles. The number of H-pyrrole nitrogens is 1. The molecule has 0 spiro atoms. The fraction of sp³-hybridized carbons (Fsp3) is 0.368. The zero-order valence-corrected chi connectivity index (χ0v) is 15.6. The minimum atomic E-state index is -0.00314. The normalized spacial score (nSPS) is 15.3. The van der Waals surface area contributed by atoms with Gasteiger partial charge in [-0.1, -0.05) is 23.7 Å². The molecule has 4 nitrogen and oxygen atoms in total. The SMILES string of the molecule is C[C@H](NCc1nc2sc3c(c2c(=O)[nH]1)CCCC3)c1cccc(Cl)c1. The second kappa shape index (κ2) is 6.90. The Balaban J connectivity index is 1.57. The minimum absolute atomic E-state index is 0.00314. The summed E-state index contributed by atoms with van der Waals surface area (Å²) in [5.74, 6) is 0.685. The Hall–Kier alpha value is -1.69. The Morgan fingerprint density at radius 3 is 3.04 bits per heavy atom. The van der Waals surface area contributed by atoms with E-state index in [9.17, 15) is 4.79 Å². The quantitative estimate of drug-likeness (QED) is 0.714. The van der Waals surface area contributed by atoms with Gasteiger partial charge in [-0.2, -0.15) is 0 Å². The molecule has 0 fully saturated rings. The number of fused-ring (bicyclic) bond motifs is 3. The first-order valence-electron chi connectivity index (χ1n) is 8.64. The molecule has 1 aromatic carbocycles. The number of thiophene rings is 1. The molecule has 0 saturated carbocycles. The van der Waals surface area contributed by atoms with Crippen molar-refractivity contribution >= 4 is 33.2 Å². The zero-order valence-electron chi connectivity index (χ0n) is 14.1. The largest absolute Gasteiger partial charge is 0.309 e. The van der Waals surface area contributed by atoms with Crippen LogP contribution in [0.15, 0.2) is 29.1 Å². The highest BCUT2D eigenvalue weighted by Gasteiger charge is 2.19. The molecule has 0 radical (unpaired) electrons. The van der Waals surface area contributed by atoms with Gasteiger partial charge >= 0.3 is 0 Å². The van der Waals surface area contributed by atoms with Crippen molar-refractivity contribution in [2.75, 3.05) is 0 Å². The summed E-state index contributed by atoms with van der Waals surface area (Å²) in [6.45, 7) is 2.59. The van der Waals surface area contributed by atoms with E-state index in [0.29, 0.717) is 12.4 Å². The lowest BCUT2D eigenvalue weighted by molar-refractivity contribution is 0.559. The molecule has 2 heterocycles. The second-order valence-electron chi connectivity index (χ2n) is 6.56. The van der Waals surface area contributed by atoms with Crippen molar-refractivity contribution in [3.8, 4) is 0 Å². The van der Waals surface area contributed by atoms with Crippen molar-refractivity contribution in [2.24, 2.45) is 0 Å². The third kappa shape index (κ3) is 3.36. The highest BCUT2D eigenvalue weighted by atomic mass is 35.5. The van der Waals surface area contributed by atoms with Crippen LogP contribution in [0.5, 0.6) is 0 Å². The van der Waals surface area contributed by atoms with E-state index < -0.39 is 0 Å². The molecule has 0 aliphatic heterocycles.